The number of amides is 1. The van der Waals surface area contributed by atoms with E-state index in [4.69, 9.17) is 21.1 Å². The molecule has 16 heteroatoms. The lowest BCUT2D eigenvalue weighted by Crippen LogP contribution is -2.68. The topological polar surface area (TPSA) is 128 Å². The molecule has 37 heavy (non-hydrogen) atoms. The van der Waals surface area contributed by atoms with Crippen LogP contribution in [-0.2, 0) is 20.8 Å². The maximum absolute atomic E-state index is 15.1. The number of nitrogens with one attached hydrogen (secondary N) is 3. The molecule has 4 aliphatic rings. The number of hydrogen-bond acceptors (Lipinski definition) is 8. The van der Waals surface area contributed by atoms with Crippen molar-refractivity contribution in [2.24, 2.45) is 5.92 Å². The van der Waals surface area contributed by atoms with Gasteiger partial charge in [0.05, 0.1) is 24.2 Å². The summed E-state index contributed by atoms with van der Waals surface area (Å²) in [6, 6.07) is 2.83. The third-order valence-electron chi connectivity index (χ3n) is 6.76. The fourth-order valence-electron chi connectivity index (χ4n) is 4.95. The molecule has 3 aromatic heterocycles. The average Bonchev–Trinajstić information content (AvgIpc) is 3.47. The first-order valence-corrected chi connectivity index (χ1v) is 11.8. The van der Waals surface area contributed by atoms with Gasteiger partial charge < -0.3 is 20.1 Å². The van der Waals surface area contributed by atoms with Crippen LogP contribution < -0.4 is 10.6 Å². The summed E-state index contributed by atoms with van der Waals surface area (Å²) in [7, 11) is 0. The van der Waals surface area contributed by atoms with E-state index in [1.807, 2.05) is 0 Å². The Labute approximate surface area is 210 Å². The summed E-state index contributed by atoms with van der Waals surface area (Å²) in [5, 5.41) is 16.5. The minimum Gasteiger partial charge on any atom is -0.441 e. The number of hydrogen-bond donors (Lipinski definition) is 3. The average molecular weight is 546 g/mol. The highest BCUT2D eigenvalue weighted by molar-refractivity contribution is 6.29. The molecule has 0 aromatic carbocycles. The first kappa shape index (κ1) is 24.2. The molecule has 4 heterocycles. The molecule has 2 bridgehead atoms. The number of aromatic amines is 1. The van der Waals surface area contributed by atoms with Gasteiger partial charge in [-0.25, -0.2) is 18.7 Å². The highest BCUT2D eigenvalue weighted by Gasteiger charge is 2.58. The Hall–Kier alpha value is -3.17. The molecule has 0 spiro atoms. The van der Waals surface area contributed by atoms with Gasteiger partial charge in [0, 0.05) is 11.6 Å². The van der Waals surface area contributed by atoms with Crippen molar-refractivity contribution in [2.45, 2.75) is 56.2 Å². The van der Waals surface area contributed by atoms with E-state index in [0.717, 1.165) is 19.3 Å². The van der Waals surface area contributed by atoms with E-state index >= 15 is 4.39 Å². The van der Waals surface area contributed by atoms with Gasteiger partial charge in [0.2, 0.25) is 0 Å². The molecule has 1 amide bonds. The number of nitrogens with zero attached hydrogens (tertiary/aromatic N) is 4. The van der Waals surface area contributed by atoms with Crippen LogP contribution in [0, 0.1) is 5.92 Å². The molecule has 198 valence electrons. The van der Waals surface area contributed by atoms with Crippen LogP contribution in [0.15, 0.2) is 18.3 Å². The van der Waals surface area contributed by atoms with Gasteiger partial charge in [0.25, 0.3) is 0 Å². The summed E-state index contributed by atoms with van der Waals surface area (Å²) in [5.41, 5.74) is 0.402. The van der Waals surface area contributed by atoms with Crippen molar-refractivity contribution in [3.8, 4) is 0 Å². The predicted octanol–water partition coefficient (Wildman–Crippen LogP) is 3.94. The summed E-state index contributed by atoms with van der Waals surface area (Å²) in [5.74, 6) is 1.03. The Morgan fingerprint density at radius 2 is 2.11 bits per heavy atom. The zero-order valence-corrected chi connectivity index (χ0v) is 19.6. The van der Waals surface area contributed by atoms with Gasteiger partial charge in [-0.05, 0) is 31.2 Å². The molecule has 0 unspecified atom stereocenters. The number of H-pyrrole nitrogens is 1. The maximum atomic E-state index is 15.1. The number of aromatic nitrogens is 5. The van der Waals surface area contributed by atoms with Crippen LogP contribution in [0.5, 0.6) is 0 Å². The number of fused-ring (bicyclic) bond motifs is 1. The largest absolute Gasteiger partial charge is 0.522 e. The van der Waals surface area contributed by atoms with E-state index in [1.54, 1.807) is 0 Å². The second kappa shape index (κ2) is 8.70. The number of carbonyl (C=O) groups is 1. The molecule has 7 rings (SSSR count). The van der Waals surface area contributed by atoms with Crippen LogP contribution >= 0.6 is 11.6 Å². The van der Waals surface area contributed by atoms with E-state index in [9.17, 15) is 18.0 Å². The van der Waals surface area contributed by atoms with Crippen molar-refractivity contribution < 1.29 is 36.6 Å². The summed E-state index contributed by atoms with van der Waals surface area (Å²) >= 11 is 6.02. The quantitative estimate of drug-likeness (QED) is 0.381. The van der Waals surface area contributed by atoms with Gasteiger partial charge in [0.15, 0.2) is 23.9 Å². The third kappa shape index (κ3) is 4.78. The van der Waals surface area contributed by atoms with Crippen LogP contribution in [0.4, 0.5) is 34.0 Å². The second-order valence-electron chi connectivity index (χ2n) is 9.47. The summed E-state index contributed by atoms with van der Waals surface area (Å²) in [4.78, 5) is 16.3. The van der Waals surface area contributed by atoms with Gasteiger partial charge in [-0.15, -0.1) is 13.2 Å². The number of ether oxygens (including phenoxy) is 3. The molecule has 3 N–H and O–H groups in total. The standard InChI is InChI=1S/C21H20ClF4N7O4/c22-14-6-33-12(1-10(32-33)7-36-21(24,25)26)18(27-14)28-15-2-11(30-31-15)17-16(23)13(8-35-17)37-19(34)29-20-3-9(4-20)5-20/h1-2,6,9,13,16-17H,3-5,7-8H2,(H,29,34)(H2,27,28,30,31)/t9?,13-,16-,17-,20?/m0/s1. The van der Waals surface area contributed by atoms with Gasteiger partial charge in [-0.3, -0.25) is 9.84 Å². The zero-order chi connectivity index (χ0) is 25.9. The first-order chi connectivity index (χ1) is 17.6. The van der Waals surface area contributed by atoms with Crippen molar-refractivity contribution in [2.75, 3.05) is 11.9 Å². The Morgan fingerprint density at radius 1 is 1.32 bits per heavy atom. The van der Waals surface area contributed by atoms with Crippen LogP contribution in [0.2, 0.25) is 5.15 Å². The van der Waals surface area contributed by atoms with E-state index in [1.165, 1.54) is 22.8 Å². The van der Waals surface area contributed by atoms with Gasteiger partial charge in [0.1, 0.15) is 23.4 Å². The van der Waals surface area contributed by atoms with Crippen LogP contribution in [0.25, 0.3) is 5.52 Å². The number of carbonyl (C=O) groups excluding carboxylic acids is 1. The Morgan fingerprint density at radius 3 is 2.81 bits per heavy atom. The van der Waals surface area contributed by atoms with E-state index in [0.29, 0.717) is 11.4 Å². The van der Waals surface area contributed by atoms with Crippen molar-refractivity contribution in [3.63, 3.8) is 0 Å². The van der Waals surface area contributed by atoms with Gasteiger partial charge in [-0.1, -0.05) is 11.6 Å². The van der Waals surface area contributed by atoms with Crippen LogP contribution in [0.1, 0.15) is 36.8 Å². The van der Waals surface area contributed by atoms with Crippen molar-refractivity contribution in [3.05, 3.63) is 34.9 Å². The second-order valence-corrected chi connectivity index (χ2v) is 9.86. The Bertz CT molecular complexity index is 1330. The molecule has 1 saturated heterocycles. The van der Waals surface area contributed by atoms with Gasteiger partial charge >= 0.3 is 12.5 Å². The molecule has 0 radical (unpaired) electrons. The predicted molar refractivity (Wildman–Crippen MR) is 118 cm³/mol. The highest BCUT2D eigenvalue weighted by Crippen LogP contribution is 2.57. The summed E-state index contributed by atoms with van der Waals surface area (Å²) in [6.45, 7) is -0.916. The maximum Gasteiger partial charge on any atom is 0.522 e. The fourth-order valence-corrected chi connectivity index (χ4v) is 5.13. The SMILES string of the molecule is O=C(NC12CC(C1)C2)O[C@H]1CO[C@@H](c2cc(Nc3nc(Cl)cn4nc(COC(F)(F)F)cc34)n[nH]2)[C@H]1F. The summed E-state index contributed by atoms with van der Waals surface area (Å²) in [6.07, 6.45) is -5.09. The highest BCUT2D eigenvalue weighted by atomic mass is 35.5. The fraction of sp³-hybridized carbons (Fsp3) is 0.524. The lowest BCUT2D eigenvalue weighted by Gasteiger charge is -2.61. The van der Waals surface area contributed by atoms with Gasteiger partial charge in [-0.2, -0.15) is 10.2 Å². The molecule has 3 atom stereocenters. The third-order valence-corrected chi connectivity index (χ3v) is 6.94. The van der Waals surface area contributed by atoms with Crippen LogP contribution in [0.3, 0.4) is 0 Å². The number of halogens is 5. The monoisotopic (exact) mass is 545 g/mol. The van der Waals surface area contributed by atoms with Crippen molar-refractivity contribution >= 4 is 34.8 Å². The van der Waals surface area contributed by atoms with Crippen molar-refractivity contribution in [1.29, 1.82) is 0 Å². The van der Waals surface area contributed by atoms with Crippen molar-refractivity contribution in [1.82, 2.24) is 30.1 Å². The molecule has 1 aliphatic heterocycles. The molecule has 11 nitrogen and oxygen atoms in total. The minimum absolute atomic E-state index is 0.00380. The first-order valence-electron chi connectivity index (χ1n) is 11.4. The molecule has 3 saturated carbocycles. The number of alkyl carbamates (subject to hydrolysis) is 1. The van der Waals surface area contributed by atoms with E-state index in [-0.39, 0.29) is 40.3 Å². The van der Waals surface area contributed by atoms with Crippen LogP contribution in [-0.4, -0.2) is 61.7 Å². The minimum atomic E-state index is -4.81. The normalized spacial score (nSPS) is 28.6. The number of alkyl halides is 4. The van der Waals surface area contributed by atoms with E-state index < -0.39 is 37.4 Å². The lowest BCUT2D eigenvalue weighted by atomic mass is 9.50. The summed E-state index contributed by atoms with van der Waals surface area (Å²) < 4.78 is 68.0. The van der Waals surface area contributed by atoms with E-state index in [2.05, 4.69) is 35.7 Å². The molecule has 3 aromatic rings. The lowest BCUT2D eigenvalue weighted by molar-refractivity contribution is -0.330. The molecule has 3 aliphatic carbocycles. The molecule has 4 fully saturated rings. The number of rotatable bonds is 7. The number of anilines is 2. The Kier molecular flexibility index (Phi) is 5.69. The Balaban J connectivity index is 1.11. The zero-order valence-electron chi connectivity index (χ0n) is 18.9. The molecular weight excluding hydrogens is 526 g/mol. The smallest absolute Gasteiger partial charge is 0.441 e. The molecular formula is C21H20ClF4N7O4.